The van der Waals surface area contributed by atoms with Gasteiger partial charge in [0.2, 0.25) is 0 Å². The van der Waals surface area contributed by atoms with Gasteiger partial charge in [-0.15, -0.1) is 0 Å². The van der Waals surface area contributed by atoms with Gasteiger partial charge in [0.25, 0.3) is 0 Å². The molecule has 2 rings (SSSR count). The minimum Gasteiger partial charge on any atom is -0.310 e. The molecule has 1 fully saturated rings. The van der Waals surface area contributed by atoms with Crippen molar-refractivity contribution in [2.75, 3.05) is 6.54 Å². The maximum atomic E-state index is 3.75. The Balaban J connectivity index is 2.02. The smallest absolute Gasteiger partial charge is 0.0322 e. The Hall–Kier alpha value is -0.820. The number of rotatable bonds is 8. The Morgan fingerprint density at radius 3 is 2.25 bits per heavy atom. The van der Waals surface area contributed by atoms with Crippen LogP contribution < -0.4 is 5.32 Å². The summed E-state index contributed by atoms with van der Waals surface area (Å²) < 4.78 is 0. The zero-order valence-electron chi connectivity index (χ0n) is 13.5. The van der Waals surface area contributed by atoms with Crippen LogP contribution in [0.5, 0.6) is 0 Å². The first kappa shape index (κ1) is 15.6. The summed E-state index contributed by atoms with van der Waals surface area (Å²) in [6.45, 7) is 7.96. The molecule has 1 heteroatoms. The lowest BCUT2D eigenvalue weighted by atomic mass is 9.79. The van der Waals surface area contributed by atoms with Crippen LogP contribution in [-0.4, -0.2) is 6.54 Å². The summed E-state index contributed by atoms with van der Waals surface area (Å²) in [5.41, 5.74) is 2.96. The third-order valence-corrected chi connectivity index (χ3v) is 4.95. The quantitative estimate of drug-likeness (QED) is 0.666. The van der Waals surface area contributed by atoms with Crippen molar-refractivity contribution >= 4 is 0 Å². The van der Waals surface area contributed by atoms with Crippen LogP contribution in [0, 0.1) is 5.92 Å². The number of nitrogens with one attached hydrogen (secondary N) is 1. The predicted octanol–water partition coefficient (Wildman–Crippen LogP) is 5.43. The summed E-state index contributed by atoms with van der Waals surface area (Å²) in [4.78, 5) is 0. The molecule has 1 N–H and O–H groups in total. The lowest BCUT2D eigenvalue weighted by Crippen LogP contribution is -2.26. The Morgan fingerprint density at radius 1 is 1.10 bits per heavy atom. The number of benzene rings is 1. The molecule has 20 heavy (non-hydrogen) atoms. The van der Waals surface area contributed by atoms with Gasteiger partial charge in [-0.1, -0.05) is 64.3 Å². The standard InChI is InChI=1S/C19H31N/c1-4-13-20-19(14-16-7-6-8-16)18-11-9-17(10-12-18)15(3)5-2/h9-12,15-16,19-20H,4-8,13-14H2,1-3H3. The van der Waals surface area contributed by atoms with E-state index in [1.165, 1.54) is 49.7 Å². The van der Waals surface area contributed by atoms with Gasteiger partial charge in [0, 0.05) is 6.04 Å². The van der Waals surface area contributed by atoms with E-state index in [1.807, 2.05) is 0 Å². The second-order valence-corrected chi connectivity index (χ2v) is 6.52. The summed E-state index contributed by atoms with van der Waals surface area (Å²) in [7, 11) is 0. The van der Waals surface area contributed by atoms with Crippen LogP contribution in [0.4, 0.5) is 0 Å². The first-order valence-corrected chi connectivity index (χ1v) is 8.57. The van der Waals surface area contributed by atoms with Gasteiger partial charge in [-0.2, -0.15) is 0 Å². The molecular formula is C19H31N. The van der Waals surface area contributed by atoms with E-state index < -0.39 is 0 Å². The molecule has 112 valence electrons. The molecule has 1 aromatic carbocycles. The Kier molecular flexibility index (Phi) is 6.09. The summed E-state index contributed by atoms with van der Waals surface area (Å²) in [5.74, 6) is 1.64. The SMILES string of the molecule is CCCNC(CC1CCC1)c1ccc(C(C)CC)cc1. The van der Waals surface area contributed by atoms with Crippen LogP contribution in [0.3, 0.4) is 0 Å². The Labute approximate surface area is 125 Å². The first-order chi connectivity index (χ1) is 9.74. The van der Waals surface area contributed by atoms with Gasteiger partial charge in [0.05, 0.1) is 0 Å². The molecule has 1 aromatic rings. The minimum atomic E-state index is 0.561. The normalized spacial score (nSPS) is 18.6. The maximum Gasteiger partial charge on any atom is 0.0322 e. The van der Waals surface area contributed by atoms with Crippen molar-refractivity contribution in [3.05, 3.63) is 35.4 Å². The topological polar surface area (TPSA) is 12.0 Å². The van der Waals surface area contributed by atoms with E-state index in [4.69, 9.17) is 0 Å². The lowest BCUT2D eigenvalue weighted by Gasteiger charge is -2.30. The van der Waals surface area contributed by atoms with Gasteiger partial charge in [-0.3, -0.25) is 0 Å². The molecule has 1 saturated carbocycles. The largest absolute Gasteiger partial charge is 0.310 e. The molecule has 0 heterocycles. The molecule has 0 aromatic heterocycles. The third kappa shape index (κ3) is 4.09. The van der Waals surface area contributed by atoms with Crippen molar-refractivity contribution in [1.82, 2.24) is 5.32 Å². The summed E-state index contributed by atoms with van der Waals surface area (Å²) in [6, 6.07) is 9.95. The fourth-order valence-corrected chi connectivity index (χ4v) is 3.01. The minimum absolute atomic E-state index is 0.561. The first-order valence-electron chi connectivity index (χ1n) is 8.57. The molecule has 0 amide bonds. The van der Waals surface area contributed by atoms with E-state index in [-0.39, 0.29) is 0 Å². The monoisotopic (exact) mass is 273 g/mol. The van der Waals surface area contributed by atoms with E-state index in [2.05, 4.69) is 50.4 Å². The van der Waals surface area contributed by atoms with Gasteiger partial charge in [-0.05, 0) is 48.8 Å². The fourth-order valence-electron chi connectivity index (χ4n) is 3.01. The molecule has 0 radical (unpaired) electrons. The molecule has 0 spiro atoms. The van der Waals surface area contributed by atoms with Gasteiger partial charge < -0.3 is 5.32 Å². The highest BCUT2D eigenvalue weighted by molar-refractivity contribution is 5.27. The van der Waals surface area contributed by atoms with Gasteiger partial charge in [0.15, 0.2) is 0 Å². The second kappa shape index (κ2) is 7.83. The average molecular weight is 273 g/mol. The summed E-state index contributed by atoms with van der Waals surface area (Å²) >= 11 is 0. The third-order valence-electron chi connectivity index (χ3n) is 4.95. The molecule has 2 unspecified atom stereocenters. The predicted molar refractivity (Wildman–Crippen MR) is 88.1 cm³/mol. The zero-order valence-corrected chi connectivity index (χ0v) is 13.5. The van der Waals surface area contributed by atoms with Gasteiger partial charge in [0.1, 0.15) is 0 Å². The van der Waals surface area contributed by atoms with Gasteiger partial charge in [-0.25, -0.2) is 0 Å². The second-order valence-electron chi connectivity index (χ2n) is 6.52. The van der Waals surface area contributed by atoms with Crippen molar-refractivity contribution in [3.63, 3.8) is 0 Å². The Bertz CT molecular complexity index is 377. The average Bonchev–Trinajstić information content (AvgIpc) is 2.45. The van der Waals surface area contributed by atoms with Crippen LogP contribution in [0.1, 0.15) is 82.4 Å². The molecule has 0 saturated heterocycles. The molecule has 1 aliphatic carbocycles. The van der Waals surface area contributed by atoms with Crippen molar-refractivity contribution in [1.29, 1.82) is 0 Å². The highest BCUT2D eigenvalue weighted by Gasteiger charge is 2.22. The van der Waals surface area contributed by atoms with Crippen LogP contribution in [0.15, 0.2) is 24.3 Å². The van der Waals surface area contributed by atoms with Crippen LogP contribution in [0.25, 0.3) is 0 Å². The van der Waals surface area contributed by atoms with Crippen molar-refractivity contribution in [2.45, 2.75) is 71.3 Å². The highest BCUT2D eigenvalue weighted by Crippen LogP contribution is 2.35. The van der Waals surface area contributed by atoms with E-state index in [9.17, 15) is 0 Å². The van der Waals surface area contributed by atoms with Crippen molar-refractivity contribution in [2.24, 2.45) is 5.92 Å². The van der Waals surface area contributed by atoms with Crippen LogP contribution in [0.2, 0.25) is 0 Å². The molecular weight excluding hydrogens is 242 g/mol. The van der Waals surface area contributed by atoms with Crippen molar-refractivity contribution < 1.29 is 0 Å². The van der Waals surface area contributed by atoms with Crippen LogP contribution >= 0.6 is 0 Å². The van der Waals surface area contributed by atoms with E-state index in [1.54, 1.807) is 0 Å². The van der Waals surface area contributed by atoms with E-state index in [0.717, 1.165) is 12.5 Å². The molecule has 1 nitrogen and oxygen atoms in total. The highest BCUT2D eigenvalue weighted by atomic mass is 14.9. The molecule has 0 bridgehead atoms. The Morgan fingerprint density at radius 2 is 1.75 bits per heavy atom. The van der Waals surface area contributed by atoms with E-state index in [0.29, 0.717) is 12.0 Å². The number of hydrogen-bond donors (Lipinski definition) is 1. The summed E-state index contributed by atoms with van der Waals surface area (Å²) in [5, 5.41) is 3.75. The van der Waals surface area contributed by atoms with Gasteiger partial charge >= 0.3 is 0 Å². The molecule has 1 aliphatic rings. The number of hydrogen-bond acceptors (Lipinski definition) is 1. The van der Waals surface area contributed by atoms with Crippen LogP contribution in [-0.2, 0) is 0 Å². The lowest BCUT2D eigenvalue weighted by molar-refractivity contribution is 0.261. The maximum absolute atomic E-state index is 3.75. The molecule has 0 aliphatic heterocycles. The molecule has 2 atom stereocenters. The van der Waals surface area contributed by atoms with E-state index >= 15 is 0 Å². The summed E-state index contributed by atoms with van der Waals surface area (Å²) in [6.07, 6.45) is 8.08. The fraction of sp³-hybridized carbons (Fsp3) is 0.684. The van der Waals surface area contributed by atoms with Crippen molar-refractivity contribution in [3.8, 4) is 0 Å². The zero-order chi connectivity index (χ0) is 14.4.